The molecule has 0 atom stereocenters. The van der Waals surface area contributed by atoms with Crippen molar-refractivity contribution in [2.24, 2.45) is 16.8 Å². The Bertz CT molecular complexity index is 913. The number of anilines is 1. The lowest BCUT2D eigenvalue weighted by atomic mass is 9.84. The van der Waals surface area contributed by atoms with Crippen molar-refractivity contribution in [1.29, 1.82) is 0 Å². The van der Waals surface area contributed by atoms with E-state index < -0.39 is 0 Å². The van der Waals surface area contributed by atoms with E-state index >= 15 is 0 Å². The first-order chi connectivity index (χ1) is 15.0. The number of amides is 1. The van der Waals surface area contributed by atoms with Crippen LogP contribution < -0.4 is 22.5 Å². The van der Waals surface area contributed by atoms with Gasteiger partial charge < -0.3 is 11.2 Å². The number of hydrazone groups is 1. The fraction of sp³-hybridized carbons (Fsp3) is 0.364. The molecule has 1 aliphatic rings. The van der Waals surface area contributed by atoms with E-state index in [9.17, 15) is 10.0 Å². The number of nitrogens with one attached hydrogen (secondary N) is 1. The first-order valence-corrected chi connectivity index (χ1v) is 11.4. The number of hydrazine groups is 1. The summed E-state index contributed by atoms with van der Waals surface area (Å²) in [5, 5.41) is 17.9. The van der Waals surface area contributed by atoms with Crippen LogP contribution in [0, 0.1) is 0 Å². The number of hydrogen-bond donors (Lipinski definition) is 5. The van der Waals surface area contributed by atoms with Gasteiger partial charge in [0, 0.05) is 29.3 Å². The Balaban J connectivity index is 1.78. The molecule has 1 saturated carbocycles. The molecule has 9 heteroatoms. The number of hydrogen-bond acceptors (Lipinski definition) is 6. The Morgan fingerprint density at radius 2 is 1.94 bits per heavy atom. The maximum absolute atomic E-state index is 13.1. The zero-order valence-corrected chi connectivity index (χ0v) is 18.6. The Morgan fingerprint density at radius 1 is 1.23 bits per heavy atom. The Labute approximate surface area is 187 Å². The molecule has 8 N–H and O–H groups in total. The van der Waals surface area contributed by atoms with E-state index in [1.807, 2.05) is 19.1 Å². The van der Waals surface area contributed by atoms with Crippen LogP contribution in [0.2, 0.25) is 0 Å². The molecule has 0 unspecified atom stereocenters. The zero-order chi connectivity index (χ0) is 22.2. The maximum Gasteiger partial charge on any atom is 0.257 e. The van der Waals surface area contributed by atoms with Gasteiger partial charge in [0.25, 0.3) is 5.91 Å². The summed E-state index contributed by atoms with van der Waals surface area (Å²) in [4.78, 5) is 13.7. The molecule has 0 heterocycles. The minimum atomic E-state index is -0.284. The summed E-state index contributed by atoms with van der Waals surface area (Å²) in [7, 11) is 0. The molecular formula is C22H31N6O2S+. The molecule has 2 aromatic carbocycles. The quantitative estimate of drug-likeness (QED) is 0.116. The van der Waals surface area contributed by atoms with Gasteiger partial charge in [-0.25, -0.2) is 11.0 Å². The van der Waals surface area contributed by atoms with Crippen LogP contribution in [0.25, 0.3) is 0 Å². The van der Waals surface area contributed by atoms with Crippen LogP contribution in [0.3, 0.4) is 0 Å². The van der Waals surface area contributed by atoms with Crippen molar-refractivity contribution in [1.82, 2.24) is 5.01 Å². The van der Waals surface area contributed by atoms with Gasteiger partial charge in [-0.1, -0.05) is 31.4 Å². The third-order valence-corrected chi connectivity index (χ3v) is 6.64. The smallest absolute Gasteiger partial charge is 0.257 e. The van der Waals surface area contributed by atoms with Gasteiger partial charge in [-0.15, -0.1) is 0 Å². The first kappa shape index (κ1) is 23.1. The van der Waals surface area contributed by atoms with E-state index in [0.29, 0.717) is 33.8 Å². The van der Waals surface area contributed by atoms with E-state index in [2.05, 4.69) is 22.6 Å². The van der Waals surface area contributed by atoms with Gasteiger partial charge >= 0.3 is 0 Å². The lowest BCUT2D eigenvalue weighted by Gasteiger charge is -2.22. The van der Waals surface area contributed by atoms with Crippen LogP contribution in [0.15, 0.2) is 52.5 Å². The molecule has 1 fully saturated rings. The Morgan fingerprint density at radius 3 is 2.55 bits per heavy atom. The molecule has 0 aromatic heterocycles. The standard InChI is InChI=1S/C22H30N6O2S/c1-2-28(24)22(26-23)31-20-13-12-18(27-30)14-19(20)21(29)25-17-10-8-16(9-11-17)15-6-4-3-5-7-15/h8-15,27,30H,2-7,23-24H2,1H3,(H,25,29)/p+1/b26-22+. The van der Waals surface area contributed by atoms with Gasteiger partial charge in [-0.3, -0.25) is 9.80 Å². The van der Waals surface area contributed by atoms with E-state index in [4.69, 9.17) is 11.7 Å². The minimum Gasteiger partial charge on any atom is -0.322 e. The lowest BCUT2D eigenvalue weighted by Crippen LogP contribution is -2.73. The largest absolute Gasteiger partial charge is 0.322 e. The van der Waals surface area contributed by atoms with Crippen molar-refractivity contribution >= 4 is 34.2 Å². The molecule has 0 saturated heterocycles. The SMILES string of the molecule is CCN(N)/C(=N\N)Sc1ccc([NH2+]O)cc1C(=O)Nc1ccc(C2CCCCC2)cc1. The summed E-state index contributed by atoms with van der Waals surface area (Å²) >= 11 is 1.20. The van der Waals surface area contributed by atoms with E-state index in [1.54, 1.807) is 18.2 Å². The molecule has 1 amide bonds. The Kier molecular flexibility index (Phi) is 8.30. The van der Waals surface area contributed by atoms with Gasteiger partial charge in [0.1, 0.15) is 0 Å². The number of carbonyl (C=O) groups is 1. The van der Waals surface area contributed by atoms with Crippen molar-refractivity contribution in [3.05, 3.63) is 53.6 Å². The van der Waals surface area contributed by atoms with Crippen LogP contribution in [-0.4, -0.2) is 27.8 Å². The highest BCUT2D eigenvalue weighted by molar-refractivity contribution is 8.13. The fourth-order valence-electron chi connectivity index (χ4n) is 3.76. The molecule has 0 radical (unpaired) electrons. The Hall–Kier alpha value is -2.59. The normalized spacial score (nSPS) is 15.0. The van der Waals surface area contributed by atoms with Crippen molar-refractivity contribution in [3.63, 3.8) is 0 Å². The van der Waals surface area contributed by atoms with Gasteiger partial charge in [-0.2, -0.15) is 10.6 Å². The molecule has 0 bridgehead atoms. The third kappa shape index (κ3) is 5.98. The second-order valence-electron chi connectivity index (χ2n) is 7.60. The van der Waals surface area contributed by atoms with Gasteiger partial charge in [0.15, 0.2) is 5.69 Å². The van der Waals surface area contributed by atoms with Gasteiger partial charge in [0.05, 0.1) is 5.56 Å². The molecular weight excluding hydrogens is 412 g/mol. The average Bonchev–Trinajstić information content (AvgIpc) is 2.83. The monoisotopic (exact) mass is 443 g/mol. The maximum atomic E-state index is 13.1. The van der Waals surface area contributed by atoms with Crippen molar-refractivity contribution < 1.29 is 15.5 Å². The molecule has 1 aliphatic carbocycles. The summed E-state index contributed by atoms with van der Waals surface area (Å²) in [6, 6.07) is 13.2. The third-order valence-electron chi connectivity index (χ3n) is 5.54. The van der Waals surface area contributed by atoms with Crippen molar-refractivity contribution in [3.8, 4) is 0 Å². The highest BCUT2D eigenvalue weighted by Gasteiger charge is 2.19. The number of benzene rings is 2. The second-order valence-corrected chi connectivity index (χ2v) is 8.60. The molecule has 0 spiro atoms. The van der Waals surface area contributed by atoms with Crippen LogP contribution >= 0.6 is 11.8 Å². The topological polar surface area (TPSA) is 134 Å². The van der Waals surface area contributed by atoms with E-state index in [0.717, 1.165) is 11.2 Å². The molecule has 3 rings (SSSR count). The number of nitrogens with two attached hydrogens (primary N) is 3. The predicted molar refractivity (Wildman–Crippen MR) is 124 cm³/mol. The van der Waals surface area contributed by atoms with Gasteiger partial charge in [-0.05, 0) is 61.2 Å². The summed E-state index contributed by atoms with van der Waals surface area (Å²) in [6.45, 7) is 2.39. The summed E-state index contributed by atoms with van der Waals surface area (Å²) < 4.78 is 0. The minimum absolute atomic E-state index is 0.284. The van der Waals surface area contributed by atoms with E-state index in [1.165, 1.54) is 54.4 Å². The first-order valence-electron chi connectivity index (χ1n) is 10.6. The van der Waals surface area contributed by atoms with Crippen LogP contribution in [-0.2, 0) is 0 Å². The highest BCUT2D eigenvalue weighted by atomic mass is 32.2. The number of quaternary nitrogens is 1. The molecule has 0 aliphatic heterocycles. The second kappa shape index (κ2) is 11.1. The van der Waals surface area contributed by atoms with Crippen molar-refractivity contribution in [2.75, 3.05) is 11.9 Å². The summed E-state index contributed by atoms with van der Waals surface area (Å²) in [6.07, 6.45) is 6.36. The van der Waals surface area contributed by atoms with Crippen LogP contribution in [0.4, 0.5) is 11.4 Å². The summed E-state index contributed by atoms with van der Waals surface area (Å²) in [5.41, 5.74) is 3.93. The molecule has 2 aromatic rings. The van der Waals surface area contributed by atoms with Gasteiger partial charge in [0.2, 0.25) is 5.17 Å². The number of amidine groups is 1. The van der Waals surface area contributed by atoms with Crippen LogP contribution in [0.1, 0.15) is 60.9 Å². The molecule has 166 valence electrons. The predicted octanol–water partition coefficient (Wildman–Crippen LogP) is 3.09. The van der Waals surface area contributed by atoms with E-state index in [-0.39, 0.29) is 5.91 Å². The number of rotatable bonds is 6. The number of carbonyl (C=O) groups excluding carboxylic acids is 1. The molecule has 8 nitrogen and oxygen atoms in total. The summed E-state index contributed by atoms with van der Waals surface area (Å²) in [5.74, 6) is 11.7. The number of thioether (sulfide) groups is 1. The highest BCUT2D eigenvalue weighted by Crippen LogP contribution is 2.33. The number of nitrogens with zero attached hydrogens (tertiary/aromatic N) is 2. The average molecular weight is 444 g/mol. The fourth-order valence-corrected chi connectivity index (χ4v) is 4.65. The van der Waals surface area contributed by atoms with Crippen LogP contribution in [0.5, 0.6) is 0 Å². The lowest BCUT2D eigenvalue weighted by molar-refractivity contribution is -0.825. The van der Waals surface area contributed by atoms with Crippen molar-refractivity contribution in [2.45, 2.75) is 49.8 Å². The zero-order valence-electron chi connectivity index (χ0n) is 17.8. The molecule has 31 heavy (non-hydrogen) atoms.